The first-order valence-electron chi connectivity index (χ1n) is 5.50. The molecule has 1 aliphatic carbocycles. The van der Waals surface area contributed by atoms with E-state index in [2.05, 4.69) is 19.9 Å². The van der Waals surface area contributed by atoms with Gasteiger partial charge in [-0.1, -0.05) is 44.2 Å². The Labute approximate surface area is 90.8 Å². The molecule has 0 spiro atoms. The smallest absolute Gasteiger partial charge is 0.188 e. The summed E-state index contributed by atoms with van der Waals surface area (Å²) in [6.45, 7) is 4.29. The average Bonchev–Trinajstić information content (AvgIpc) is 2.22. The Morgan fingerprint density at radius 2 is 2.00 bits per heavy atom. The third kappa shape index (κ3) is 2.01. The number of carbonyl (C=O) groups is 1. The van der Waals surface area contributed by atoms with E-state index in [1.807, 2.05) is 24.3 Å². The topological polar surface area (TPSA) is 17.1 Å². The van der Waals surface area contributed by atoms with Crippen LogP contribution in [0.4, 0.5) is 0 Å². The number of Topliss-reactive ketones (excluding diaryl/α,β-unsaturated/α-hetero) is 1. The van der Waals surface area contributed by atoms with Crippen molar-refractivity contribution in [2.75, 3.05) is 0 Å². The second-order valence-corrected chi connectivity index (χ2v) is 4.52. The monoisotopic (exact) mass is 200 g/mol. The van der Waals surface area contributed by atoms with E-state index < -0.39 is 0 Å². The Balaban J connectivity index is 2.29. The van der Waals surface area contributed by atoms with Crippen molar-refractivity contribution < 1.29 is 4.79 Å². The van der Waals surface area contributed by atoms with Gasteiger partial charge >= 0.3 is 0 Å². The summed E-state index contributed by atoms with van der Waals surface area (Å²) < 4.78 is 0. The Morgan fingerprint density at radius 1 is 1.27 bits per heavy atom. The Kier molecular flexibility index (Phi) is 2.72. The van der Waals surface area contributed by atoms with Gasteiger partial charge in [-0.25, -0.2) is 0 Å². The van der Waals surface area contributed by atoms with Crippen LogP contribution in [0.25, 0.3) is 0 Å². The van der Waals surface area contributed by atoms with E-state index in [0.29, 0.717) is 5.92 Å². The minimum absolute atomic E-state index is 0.227. The van der Waals surface area contributed by atoms with Gasteiger partial charge in [-0.2, -0.15) is 0 Å². The number of rotatable bonds is 2. The van der Waals surface area contributed by atoms with Crippen LogP contribution in [-0.2, 0) is 6.42 Å². The van der Waals surface area contributed by atoms with Crippen molar-refractivity contribution in [3.8, 4) is 0 Å². The third-order valence-electron chi connectivity index (χ3n) is 2.75. The fourth-order valence-corrected chi connectivity index (χ4v) is 2.03. The first-order chi connectivity index (χ1) is 7.18. The fraction of sp³-hybridized carbons (Fsp3) is 0.357. The largest absolute Gasteiger partial charge is 0.289 e. The molecule has 15 heavy (non-hydrogen) atoms. The summed E-state index contributed by atoms with van der Waals surface area (Å²) in [7, 11) is 0. The summed E-state index contributed by atoms with van der Waals surface area (Å²) in [6, 6.07) is 7.91. The molecule has 1 aliphatic rings. The van der Waals surface area contributed by atoms with Crippen LogP contribution in [-0.4, -0.2) is 5.78 Å². The highest BCUT2D eigenvalue weighted by atomic mass is 16.1. The maximum absolute atomic E-state index is 12.1. The molecule has 0 aromatic heterocycles. The normalized spacial score (nSPS) is 15.1. The molecule has 1 heteroatoms. The highest BCUT2D eigenvalue weighted by molar-refractivity contribution is 6.10. The van der Waals surface area contributed by atoms with Crippen LogP contribution in [0.15, 0.2) is 35.9 Å². The van der Waals surface area contributed by atoms with Crippen molar-refractivity contribution in [3.63, 3.8) is 0 Å². The first-order valence-corrected chi connectivity index (χ1v) is 5.50. The van der Waals surface area contributed by atoms with Crippen molar-refractivity contribution in [2.45, 2.75) is 26.7 Å². The molecule has 0 bridgehead atoms. The van der Waals surface area contributed by atoms with Gasteiger partial charge in [-0.3, -0.25) is 4.79 Å². The molecule has 0 saturated heterocycles. The molecule has 0 atom stereocenters. The number of hydrogen-bond donors (Lipinski definition) is 0. The predicted molar refractivity (Wildman–Crippen MR) is 62.0 cm³/mol. The summed E-state index contributed by atoms with van der Waals surface area (Å²) in [6.07, 6.45) is 3.89. The van der Waals surface area contributed by atoms with E-state index in [0.717, 1.165) is 29.5 Å². The summed E-state index contributed by atoms with van der Waals surface area (Å²) in [5.41, 5.74) is 3.05. The summed E-state index contributed by atoms with van der Waals surface area (Å²) >= 11 is 0. The zero-order chi connectivity index (χ0) is 10.8. The molecule has 0 radical (unpaired) electrons. The quantitative estimate of drug-likeness (QED) is 0.715. The van der Waals surface area contributed by atoms with Gasteiger partial charge in [0.05, 0.1) is 0 Å². The van der Waals surface area contributed by atoms with E-state index in [1.165, 1.54) is 0 Å². The lowest BCUT2D eigenvalue weighted by atomic mass is 9.87. The van der Waals surface area contributed by atoms with Crippen LogP contribution in [0.5, 0.6) is 0 Å². The second-order valence-electron chi connectivity index (χ2n) is 4.52. The second kappa shape index (κ2) is 4.01. The Hall–Kier alpha value is -1.37. The predicted octanol–water partition coefficient (Wildman–Crippen LogP) is 3.40. The van der Waals surface area contributed by atoms with Crippen LogP contribution in [0.3, 0.4) is 0 Å². The number of hydrogen-bond acceptors (Lipinski definition) is 1. The highest BCUT2D eigenvalue weighted by Crippen LogP contribution is 2.24. The molecule has 1 nitrogen and oxygen atoms in total. The summed E-state index contributed by atoms with van der Waals surface area (Å²) in [5, 5.41) is 0. The van der Waals surface area contributed by atoms with Gasteiger partial charge in [0.1, 0.15) is 0 Å². The number of ketones is 1. The minimum Gasteiger partial charge on any atom is -0.289 e. The molecule has 0 heterocycles. The molecule has 78 valence electrons. The standard InChI is InChI=1S/C14H16O/c1-10(2)9-12-8-7-11-5-3-4-6-13(11)14(12)15/h3-6,8,10H,7,9H2,1-2H3. The minimum atomic E-state index is 0.227. The summed E-state index contributed by atoms with van der Waals surface area (Å²) in [4.78, 5) is 12.1. The third-order valence-corrected chi connectivity index (χ3v) is 2.75. The van der Waals surface area contributed by atoms with Crippen molar-refractivity contribution in [2.24, 2.45) is 5.92 Å². The average molecular weight is 200 g/mol. The maximum Gasteiger partial charge on any atom is 0.188 e. The van der Waals surface area contributed by atoms with Gasteiger partial charge in [-0.15, -0.1) is 0 Å². The van der Waals surface area contributed by atoms with Crippen LogP contribution < -0.4 is 0 Å². The van der Waals surface area contributed by atoms with Crippen LogP contribution in [0.2, 0.25) is 0 Å². The summed E-state index contributed by atoms with van der Waals surface area (Å²) in [5.74, 6) is 0.774. The molecule has 2 rings (SSSR count). The maximum atomic E-state index is 12.1. The van der Waals surface area contributed by atoms with Gasteiger partial charge in [0, 0.05) is 5.56 Å². The van der Waals surface area contributed by atoms with Crippen LogP contribution in [0, 0.1) is 5.92 Å². The zero-order valence-corrected chi connectivity index (χ0v) is 9.29. The van der Waals surface area contributed by atoms with Gasteiger partial charge in [0.15, 0.2) is 5.78 Å². The molecular weight excluding hydrogens is 184 g/mol. The van der Waals surface area contributed by atoms with Gasteiger partial charge in [0.25, 0.3) is 0 Å². The molecule has 0 fully saturated rings. The van der Waals surface area contributed by atoms with Crippen LogP contribution in [0.1, 0.15) is 36.2 Å². The Morgan fingerprint density at radius 3 is 2.73 bits per heavy atom. The van der Waals surface area contributed by atoms with E-state index in [-0.39, 0.29) is 5.78 Å². The van der Waals surface area contributed by atoms with Gasteiger partial charge < -0.3 is 0 Å². The number of allylic oxidation sites excluding steroid dienone is 2. The fourth-order valence-electron chi connectivity index (χ4n) is 2.03. The number of fused-ring (bicyclic) bond motifs is 1. The molecule has 0 unspecified atom stereocenters. The zero-order valence-electron chi connectivity index (χ0n) is 9.29. The van der Waals surface area contributed by atoms with Crippen molar-refractivity contribution >= 4 is 5.78 Å². The lowest BCUT2D eigenvalue weighted by Gasteiger charge is -2.16. The molecule has 0 saturated carbocycles. The van der Waals surface area contributed by atoms with E-state index in [1.54, 1.807) is 0 Å². The molecule has 0 aliphatic heterocycles. The van der Waals surface area contributed by atoms with Crippen LogP contribution >= 0.6 is 0 Å². The first kappa shape index (κ1) is 10.2. The lowest BCUT2D eigenvalue weighted by Crippen LogP contribution is -2.13. The SMILES string of the molecule is CC(C)CC1=CCc2ccccc2C1=O. The highest BCUT2D eigenvalue weighted by Gasteiger charge is 2.19. The molecule has 0 amide bonds. The van der Waals surface area contributed by atoms with E-state index in [4.69, 9.17) is 0 Å². The van der Waals surface area contributed by atoms with Crippen molar-refractivity contribution in [1.82, 2.24) is 0 Å². The number of carbonyl (C=O) groups excluding carboxylic acids is 1. The molecule has 0 N–H and O–H groups in total. The van der Waals surface area contributed by atoms with E-state index in [9.17, 15) is 4.79 Å². The molecule has 1 aromatic rings. The molecular formula is C14H16O. The van der Waals surface area contributed by atoms with Crippen molar-refractivity contribution in [3.05, 3.63) is 47.0 Å². The molecule has 1 aromatic carbocycles. The van der Waals surface area contributed by atoms with Gasteiger partial charge in [-0.05, 0) is 29.9 Å². The number of benzene rings is 1. The van der Waals surface area contributed by atoms with E-state index >= 15 is 0 Å². The van der Waals surface area contributed by atoms with Gasteiger partial charge in [0.2, 0.25) is 0 Å². The van der Waals surface area contributed by atoms with Crippen molar-refractivity contribution in [1.29, 1.82) is 0 Å². The lowest BCUT2D eigenvalue weighted by molar-refractivity contribution is 0.102. The Bertz CT molecular complexity index is 413.